The molecule has 1 aliphatic heterocycles. The number of carbonyl (C=O) groups is 2. The fourth-order valence-corrected chi connectivity index (χ4v) is 6.95. The molecule has 1 aliphatic rings. The number of anilines is 4. The molecule has 1 saturated heterocycles. The summed E-state index contributed by atoms with van der Waals surface area (Å²) >= 11 is 15.7. The van der Waals surface area contributed by atoms with Gasteiger partial charge in [-0.25, -0.2) is 28.5 Å². The van der Waals surface area contributed by atoms with Crippen LogP contribution in [-0.4, -0.2) is 85.2 Å². The minimum atomic E-state index is -1.28. The molecule has 314 valence electrons. The molecule has 4 aromatic carbocycles. The van der Waals surface area contributed by atoms with E-state index in [-0.39, 0.29) is 35.7 Å². The lowest BCUT2D eigenvalue weighted by molar-refractivity contribution is -0.0363. The maximum Gasteiger partial charge on any atom is 0.277 e. The Hall–Kier alpha value is -3.06. The molecule has 5 rings (SSSR count). The van der Waals surface area contributed by atoms with Crippen LogP contribution in [0.25, 0.3) is 0 Å². The van der Waals surface area contributed by atoms with Gasteiger partial charge in [-0.3, -0.25) is 24.2 Å². The molecule has 0 spiro atoms. The number of halogens is 8. The number of aliphatic hydroxyl groups is 2. The van der Waals surface area contributed by atoms with Gasteiger partial charge in [0.15, 0.2) is 23.3 Å². The molecule has 20 heteroatoms. The van der Waals surface area contributed by atoms with Gasteiger partial charge in [-0.05, 0) is 126 Å². The van der Waals surface area contributed by atoms with Crippen molar-refractivity contribution in [3.63, 3.8) is 0 Å². The quantitative estimate of drug-likeness (QED) is 0.0318. The van der Waals surface area contributed by atoms with Gasteiger partial charge in [0.05, 0.1) is 58.0 Å². The number of aryl methyl sites for hydroxylation is 2. The van der Waals surface area contributed by atoms with Gasteiger partial charge in [0.1, 0.15) is 13.2 Å². The van der Waals surface area contributed by atoms with Gasteiger partial charge in [0.2, 0.25) is 0 Å². The Morgan fingerprint density at radius 1 is 0.759 bits per heavy atom. The van der Waals surface area contributed by atoms with E-state index in [1.807, 2.05) is 17.0 Å². The highest BCUT2D eigenvalue weighted by Crippen LogP contribution is 2.34. The van der Waals surface area contributed by atoms with Gasteiger partial charge in [-0.2, -0.15) is 0 Å². The van der Waals surface area contributed by atoms with Gasteiger partial charge < -0.3 is 25.6 Å². The molecule has 0 saturated carbocycles. The number of benzene rings is 4. The number of β-amino-alcohol motifs (C(OH)–C–C–N with tert-alkyl or cyclic N) is 1. The summed E-state index contributed by atoms with van der Waals surface area (Å²) in [6.07, 6.45) is -1.66. The number of amides is 2. The Morgan fingerprint density at radius 2 is 1.19 bits per heavy atom. The summed E-state index contributed by atoms with van der Waals surface area (Å²) in [5, 5.41) is 23.7. The summed E-state index contributed by atoms with van der Waals surface area (Å²) < 4.78 is 64.4. The minimum Gasteiger partial charge on any atom is -0.391 e. The van der Waals surface area contributed by atoms with Gasteiger partial charge >= 0.3 is 0 Å². The van der Waals surface area contributed by atoms with E-state index in [1.165, 1.54) is 6.92 Å². The van der Waals surface area contributed by atoms with Gasteiger partial charge in [-0.15, -0.1) is 0 Å². The lowest BCUT2D eigenvalue weighted by atomic mass is 10.1. The van der Waals surface area contributed by atoms with E-state index in [4.69, 9.17) is 42.7 Å². The van der Waals surface area contributed by atoms with E-state index in [1.54, 1.807) is 38.1 Å². The number of hydroxylamine groups is 2. The molecule has 4 aromatic rings. The van der Waals surface area contributed by atoms with E-state index in [0.29, 0.717) is 44.2 Å². The third kappa shape index (κ3) is 13.5. The number of hydrogen-bond donors (Lipinski definition) is 6. The third-order valence-corrected chi connectivity index (χ3v) is 10.1. The summed E-state index contributed by atoms with van der Waals surface area (Å²) in [6.45, 7) is 7.65. The second kappa shape index (κ2) is 22.5. The molecule has 2 atom stereocenters. The van der Waals surface area contributed by atoms with Crippen molar-refractivity contribution in [3.8, 4) is 0 Å². The summed E-state index contributed by atoms with van der Waals surface area (Å²) in [5.41, 5.74) is 5.58. The van der Waals surface area contributed by atoms with Crippen molar-refractivity contribution in [2.45, 2.75) is 33.0 Å². The molecule has 2 amide bonds. The third-order valence-electron chi connectivity index (χ3n) is 8.21. The van der Waals surface area contributed by atoms with Crippen molar-refractivity contribution in [2.75, 3.05) is 56.7 Å². The van der Waals surface area contributed by atoms with Crippen molar-refractivity contribution in [2.24, 2.45) is 0 Å². The Morgan fingerprint density at radius 3 is 1.60 bits per heavy atom. The molecule has 12 nitrogen and oxygen atoms in total. The Labute approximate surface area is 369 Å². The standard InChI is InChI=1S/C21H23ClF2IN3O4.C17H16ClF2IN2O3/c1-12-8-13(25)2-3-17(12)26-20-15(9-16(22)18(23)19(20)24)21(30)27-32-11-14(29)10-28-4-6-31-7-5-28;1-8-5-10(21)3-4-13(8)22-16-11(6-12(18)14(19)15(16)20)17(25)23-26-7-9(2)24/h2-3,8-9,14,26,29H,4-7,10-11H2,1H3,(H,27,30);3-6,9,22,24H,7H2,1-2H3,(H,23,25). The fraction of sp³-hybridized carbons (Fsp3) is 0.316. The molecule has 1 fully saturated rings. The number of nitrogens with one attached hydrogen (secondary N) is 4. The Bertz CT molecular complexity index is 2100. The largest absolute Gasteiger partial charge is 0.391 e. The first kappa shape index (κ1) is 47.6. The van der Waals surface area contributed by atoms with Crippen LogP contribution in [0.15, 0.2) is 48.5 Å². The van der Waals surface area contributed by atoms with Gasteiger partial charge in [0.25, 0.3) is 11.8 Å². The summed E-state index contributed by atoms with van der Waals surface area (Å²) in [4.78, 5) is 36.9. The molecule has 0 bridgehead atoms. The smallest absolute Gasteiger partial charge is 0.277 e. The van der Waals surface area contributed by atoms with Crippen molar-refractivity contribution in [1.82, 2.24) is 15.9 Å². The highest BCUT2D eigenvalue weighted by molar-refractivity contribution is 14.1. The van der Waals surface area contributed by atoms with E-state index in [0.717, 1.165) is 30.4 Å². The van der Waals surface area contributed by atoms with Crippen molar-refractivity contribution >= 4 is 103 Å². The molecule has 1 heterocycles. The molecular weight excluding hydrogens is 1040 g/mol. The lowest BCUT2D eigenvalue weighted by Gasteiger charge is -2.28. The molecule has 58 heavy (non-hydrogen) atoms. The predicted octanol–water partition coefficient (Wildman–Crippen LogP) is 7.95. The van der Waals surface area contributed by atoms with Crippen molar-refractivity contribution in [1.29, 1.82) is 0 Å². The van der Waals surface area contributed by atoms with Crippen LogP contribution < -0.4 is 21.6 Å². The average Bonchev–Trinajstić information content (AvgIpc) is 3.17. The van der Waals surface area contributed by atoms with Crippen LogP contribution in [0.4, 0.5) is 40.3 Å². The SMILES string of the molecule is Cc1cc(I)ccc1Nc1c(C(=O)NOCC(C)O)cc(Cl)c(F)c1F.Cc1cc(I)ccc1Nc1c(C(=O)NOCC(O)CN2CCOCC2)cc(Cl)c(F)c1F. The number of aliphatic hydroxyl groups excluding tert-OH is 2. The lowest BCUT2D eigenvalue weighted by Crippen LogP contribution is -2.42. The van der Waals surface area contributed by atoms with Crippen molar-refractivity contribution < 1.29 is 51.8 Å². The summed E-state index contributed by atoms with van der Waals surface area (Å²) in [7, 11) is 0. The molecule has 0 aromatic heterocycles. The number of morpholine rings is 1. The Kier molecular flexibility index (Phi) is 18.5. The number of hydrogen-bond acceptors (Lipinski definition) is 10. The van der Waals surface area contributed by atoms with Gasteiger partial charge in [-0.1, -0.05) is 23.2 Å². The highest BCUT2D eigenvalue weighted by atomic mass is 127. The zero-order valence-corrected chi connectivity index (χ0v) is 37.0. The van der Waals surface area contributed by atoms with Crippen LogP contribution in [0.2, 0.25) is 10.0 Å². The fourth-order valence-electron chi connectivity index (χ4n) is 5.27. The van der Waals surface area contributed by atoms with E-state index >= 15 is 0 Å². The average molecular weight is 1080 g/mol. The van der Waals surface area contributed by atoms with E-state index < -0.39 is 57.3 Å². The molecule has 0 radical (unpaired) electrons. The van der Waals surface area contributed by atoms with Crippen LogP contribution in [0.1, 0.15) is 38.8 Å². The maximum absolute atomic E-state index is 14.7. The van der Waals surface area contributed by atoms with E-state index in [2.05, 4.69) is 66.8 Å². The van der Waals surface area contributed by atoms with Crippen LogP contribution >= 0.6 is 68.4 Å². The number of nitrogens with zero attached hydrogens (tertiary/aromatic N) is 1. The normalized spacial score (nSPS) is 13.9. The molecule has 0 aliphatic carbocycles. The monoisotopic (exact) mass is 1080 g/mol. The Balaban J connectivity index is 0.000000262. The van der Waals surface area contributed by atoms with Crippen LogP contribution in [0.3, 0.4) is 0 Å². The van der Waals surface area contributed by atoms with Gasteiger partial charge in [0, 0.05) is 38.1 Å². The number of carbonyl (C=O) groups excluding carboxylic acids is 2. The summed E-state index contributed by atoms with van der Waals surface area (Å²) in [5.74, 6) is -6.77. The summed E-state index contributed by atoms with van der Waals surface area (Å²) in [6, 6.07) is 12.7. The molecule has 2 unspecified atom stereocenters. The van der Waals surface area contributed by atoms with Crippen LogP contribution in [0, 0.1) is 44.3 Å². The first-order valence-electron chi connectivity index (χ1n) is 17.4. The van der Waals surface area contributed by atoms with Crippen molar-refractivity contribution in [3.05, 3.63) is 111 Å². The van der Waals surface area contributed by atoms with E-state index in [9.17, 15) is 32.3 Å². The number of rotatable bonds is 14. The molecule has 6 N–H and O–H groups in total. The predicted molar refractivity (Wildman–Crippen MR) is 229 cm³/mol. The van der Waals surface area contributed by atoms with Crippen LogP contribution in [-0.2, 0) is 14.4 Å². The first-order chi connectivity index (χ1) is 27.5. The topological polar surface area (TPSA) is 154 Å². The second-order valence-electron chi connectivity index (χ2n) is 12.9. The molecular formula is C38H39Cl2F4I2N5O7. The minimum absolute atomic E-state index is 0.165. The zero-order valence-electron chi connectivity index (χ0n) is 31.1. The second-order valence-corrected chi connectivity index (χ2v) is 16.2. The first-order valence-corrected chi connectivity index (χ1v) is 20.3. The number of ether oxygens (including phenoxy) is 1. The zero-order chi connectivity index (χ0) is 42.7. The maximum atomic E-state index is 14.7. The van der Waals surface area contributed by atoms with Crippen LogP contribution in [0.5, 0.6) is 0 Å². The highest BCUT2D eigenvalue weighted by Gasteiger charge is 2.25.